The standard InChI is InChI=1S/C8H12N2O3/c1-6(12)8-4-7(9-10-8)2-3-13-5-11/h4-6,12H,2-3H2,1H3,(H,9,10). The van der Waals surface area contributed by atoms with E-state index in [1.54, 1.807) is 13.0 Å². The number of aromatic nitrogens is 2. The van der Waals surface area contributed by atoms with Crippen molar-refractivity contribution < 1.29 is 14.6 Å². The highest BCUT2D eigenvalue weighted by molar-refractivity contribution is 5.36. The van der Waals surface area contributed by atoms with Crippen LogP contribution in [0.2, 0.25) is 0 Å². The van der Waals surface area contributed by atoms with E-state index < -0.39 is 6.10 Å². The van der Waals surface area contributed by atoms with Crippen molar-refractivity contribution in [1.29, 1.82) is 0 Å². The molecule has 72 valence electrons. The number of ether oxygens (including phenoxy) is 1. The van der Waals surface area contributed by atoms with Gasteiger partial charge in [-0.1, -0.05) is 0 Å². The van der Waals surface area contributed by atoms with E-state index in [1.165, 1.54) is 0 Å². The van der Waals surface area contributed by atoms with Gasteiger partial charge in [0.05, 0.1) is 18.4 Å². The first-order chi connectivity index (χ1) is 6.24. The number of rotatable bonds is 5. The minimum absolute atomic E-state index is 0.324. The summed E-state index contributed by atoms with van der Waals surface area (Å²) in [6.07, 6.45) is 0.00957. The minimum atomic E-state index is -0.572. The van der Waals surface area contributed by atoms with Crippen LogP contribution in [-0.2, 0) is 16.0 Å². The minimum Gasteiger partial charge on any atom is -0.467 e. The van der Waals surface area contributed by atoms with Crippen LogP contribution in [0.3, 0.4) is 0 Å². The maximum Gasteiger partial charge on any atom is 0.293 e. The molecule has 1 aromatic heterocycles. The molecule has 1 atom stereocenters. The monoisotopic (exact) mass is 184 g/mol. The average molecular weight is 184 g/mol. The zero-order valence-corrected chi connectivity index (χ0v) is 7.36. The third-order valence-corrected chi connectivity index (χ3v) is 1.64. The summed E-state index contributed by atoms with van der Waals surface area (Å²) in [4.78, 5) is 9.82. The molecule has 0 spiro atoms. The Bertz CT molecular complexity index is 270. The van der Waals surface area contributed by atoms with Gasteiger partial charge in [0.1, 0.15) is 0 Å². The van der Waals surface area contributed by atoms with Gasteiger partial charge in [-0.05, 0) is 13.0 Å². The van der Waals surface area contributed by atoms with Crippen molar-refractivity contribution in [3.05, 3.63) is 17.5 Å². The number of aliphatic hydroxyl groups is 1. The van der Waals surface area contributed by atoms with E-state index >= 15 is 0 Å². The lowest BCUT2D eigenvalue weighted by Gasteiger charge is -1.95. The average Bonchev–Trinajstić information content (AvgIpc) is 2.53. The summed E-state index contributed by atoms with van der Waals surface area (Å²) in [5, 5.41) is 15.8. The van der Waals surface area contributed by atoms with Crippen LogP contribution >= 0.6 is 0 Å². The summed E-state index contributed by atoms with van der Waals surface area (Å²) in [6.45, 7) is 2.37. The molecule has 2 N–H and O–H groups in total. The van der Waals surface area contributed by atoms with Gasteiger partial charge < -0.3 is 9.84 Å². The fraction of sp³-hybridized carbons (Fsp3) is 0.500. The van der Waals surface area contributed by atoms with Gasteiger partial charge in [-0.25, -0.2) is 0 Å². The van der Waals surface area contributed by atoms with Crippen LogP contribution in [0.5, 0.6) is 0 Å². The van der Waals surface area contributed by atoms with Crippen LogP contribution in [0.25, 0.3) is 0 Å². The van der Waals surface area contributed by atoms with Crippen LogP contribution in [0.4, 0.5) is 0 Å². The first kappa shape index (κ1) is 9.73. The predicted octanol–water partition coefficient (Wildman–Crippen LogP) is 0.178. The van der Waals surface area contributed by atoms with Crippen molar-refractivity contribution in [2.75, 3.05) is 6.61 Å². The highest BCUT2D eigenvalue weighted by Crippen LogP contribution is 2.09. The molecule has 0 amide bonds. The SMILES string of the molecule is CC(O)c1cc(CCOC=O)[nH]n1. The van der Waals surface area contributed by atoms with E-state index in [2.05, 4.69) is 14.9 Å². The summed E-state index contributed by atoms with van der Waals surface area (Å²) in [5.74, 6) is 0. The highest BCUT2D eigenvalue weighted by atomic mass is 16.5. The Balaban J connectivity index is 2.44. The smallest absolute Gasteiger partial charge is 0.293 e. The Labute approximate surface area is 75.7 Å². The van der Waals surface area contributed by atoms with E-state index in [0.29, 0.717) is 25.2 Å². The van der Waals surface area contributed by atoms with E-state index in [1.807, 2.05) is 0 Å². The number of carbonyl (C=O) groups excluding carboxylic acids is 1. The number of carbonyl (C=O) groups is 1. The number of hydrogen-bond acceptors (Lipinski definition) is 4. The largest absolute Gasteiger partial charge is 0.467 e. The maximum absolute atomic E-state index is 9.82. The fourth-order valence-electron chi connectivity index (χ4n) is 0.938. The molecule has 0 bridgehead atoms. The van der Waals surface area contributed by atoms with Crippen molar-refractivity contribution in [2.24, 2.45) is 0 Å². The summed E-state index contributed by atoms with van der Waals surface area (Å²) >= 11 is 0. The van der Waals surface area contributed by atoms with Gasteiger partial charge in [0.15, 0.2) is 0 Å². The molecule has 1 heterocycles. The topological polar surface area (TPSA) is 75.2 Å². The Morgan fingerprint density at radius 3 is 3.15 bits per heavy atom. The number of hydrogen-bond donors (Lipinski definition) is 2. The van der Waals surface area contributed by atoms with Gasteiger partial charge in [-0.2, -0.15) is 5.10 Å². The Hall–Kier alpha value is -1.36. The van der Waals surface area contributed by atoms with E-state index in [0.717, 1.165) is 5.69 Å². The lowest BCUT2D eigenvalue weighted by Crippen LogP contribution is -1.96. The van der Waals surface area contributed by atoms with Crippen molar-refractivity contribution in [2.45, 2.75) is 19.4 Å². The molecule has 0 fully saturated rings. The second-order valence-electron chi connectivity index (χ2n) is 2.71. The van der Waals surface area contributed by atoms with Crippen molar-refractivity contribution in [1.82, 2.24) is 10.2 Å². The summed E-state index contributed by atoms with van der Waals surface area (Å²) in [5.41, 5.74) is 1.44. The van der Waals surface area contributed by atoms with Crippen LogP contribution in [-0.4, -0.2) is 28.4 Å². The molecule has 1 rings (SSSR count). The molecular formula is C8H12N2O3. The van der Waals surface area contributed by atoms with Crippen molar-refractivity contribution in [3.8, 4) is 0 Å². The molecule has 13 heavy (non-hydrogen) atoms. The number of nitrogens with one attached hydrogen (secondary N) is 1. The molecule has 0 saturated heterocycles. The first-order valence-electron chi connectivity index (χ1n) is 4.01. The zero-order valence-electron chi connectivity index (χ0n) is 7.36. The molecule has 0 aromatic carbocycles. The van der Waals surface area contributed by atoms with Gasteiger partial charge in [0, 0.05) is 12.1 Å². The quantitative estimate of drug-likeness (QED) is 0.505. The number of H-pyrrole nitrogens is 1. The van der Waals surface area contributed by atoms with Crippen LogP contribution in [0, 0.1) is 0 Å². The van der Waals surface area contributed by atoms with Gasteiger partial charge in [-0.15, -0.1) is 0 Å². The second-order valence-corrected chi connectivity index (χ2v) is 2.71. The molecule has 1 unspecified atom stereocenters. The van der Waals surface area contributed by atoms with E-state index in [9.17, 15) is 4.79 Å². The molecule has 5 heteroatoms. The lowest BCUT2D eigenvalue weighted by atomic mass is 10.2. The van der Waals surface area contributed by atoms with Crippen LogP contribution in [0.1, 0.15) is 24.4 Å². The van der Waals surface area contributed by atoms with Crippen molar-refractivity contribution in [3.63, 3.8) is 0 Å². The lowest BCUT2D eigenvalue weighted by molar-refractivity contribution is -0.128. The van der Waals surface area contributed by atoms with Gasteiger partial charge >= 0.3 is 0 Å². The highest BCUT2D eigenvalue weighted by Gasteiger charge is 2.05. The van der Waals surface area contributed by atoms with Crippen LogP contribution in [0.15, 0.2) is 6.07 Å². The molecular weight excluding hydrogens is 172 g/mol. The van der Waals surface area contributed by atoms with Gasteiger partial charge in [-0.3, -0.25) is 9.89 Å². The Morgan fingerprint density at radius 2 is 2.62 bits per heavy atom. The molecule has 0 saturated carbocycles. The molecule has 0 aliphatic carbocycles. The third-order valence-electron chi connectivity index (χ3n) is 1.64. The van der Waals surface area contributed by atoms with E-state index in [-0.39, 0.29) is 0 Å². The first-order valence-corrected chi connectivity index (χ1v) is 4.01. The third kappa shape index (κ3) is 2.87. The fourth-order valence-corrected chi connectivity index (χ4v) is 0.938. The molecule has 5 nitrogen and oxygen atoms in total. The number of aromatic amines is 1. The Morgan fingerprint density at radius 1 is 1.85 bits per heavy atom. The Kier molecular flexibility index (Phi) is 3.45. The molecule has 0 aliphatic rings. The summed E-state index contributed by atoms with van der Waals surface area (Å²) < 4.78 is 4.52. The second kappa shape index (κ2) is 4.61. The summed E-state index contributed by atoms with van der Waals surface area (Å²) in [7, 11) is 0. The molecule has 1 aromatic rings. The normalized spacial score (nSPS) is 12.5. The maximum atomic E-state index is 9.82. The van der Waals surface area contributed by atoms with Crippen molar-refractivity contribution >= 4 is 6.47 Å². The predicted molar refractivity (Wildman–Crippen MR) is 44.9 cm³/mol. The number of aliphatic hydroxyl groups excluding tert-OH is 1. The number of nitrogens with zero attached hydrogens (tertiary/aromatic N) is 1. The van der Waals surface area contributed by atoms with Crippen LogP contribution < -0.4 is 0 Å². The zero-order chi connectivity index (χ0) is 9.68. The van der Waals surface area contributed by atoms with E-state index in [4.69, 9.17) is 5.11 Å². The van der Waals surface area contributed by atoms with Gasteiger partial charge in [0.25, 0.3) is 6.47 Å². The molecule has 0 radical (unpaired) electrons. The molecule has 0 aliphatic heterocycles. The van der Waals surface area contributed by atoms with Gasteiger partial charge in [0.2, 0.25) is 0 Å². The summed E-state index contributed by atoms with van der Waals surface area (Å²) in [6, 6.07) is 1.75.